The SMILES string of the molecule is CCCCC(CC)COCCCN1C(C)=C(CC(CC)CCCC)C(OC(=O)CC#N)=C(OC(=O)CC#N)C1C. The molecule has 1 aliphatic heterocycles. The van der Waals surface area contributed by atoms with Crippen LogP contribution in [0.25, 0.3) is 0 Å². The van der Waals surface area contributed by atoms with Crippen LogP contribution < -0.4 is 0 Å². The number of hydrogen-bond donors (Lipinski definition) is 0. The molecule has 0 aromatic heterocycles. The molecular weight excluding hydrogens is 506 g/mol. The highest BCUT2D eigenvalue weighted by atomic mass is 16.6. The van der Waals surface area contributed by atoms with Crippen molar-refractivity contribution in [2.24, 2.45) is 11.8 Å². The molecule has 0 aromatic carbocycles. The molecule has 0 saturated carbocycles. The molecule has 40 heavy (non-hydrogen) atoms. The topological polar surface area (TPSA) is 113 Å². The van der Waals surface area contributed by atoms with E-state index < -0.39 is 30.8 Å². The van der Waals surface area contributed by atoms with Crippen molar-refractivity contribution in [2.75, 3.05) is 19.8 Å². The molecule has 3 unspecified atom stereocenters. The van der Waals surface area contributed by atoms with Gasteiger partial charge < -0.3 is 19.1 Å². The van der Waals surface area contributed by atoms with E-state index in [1.54, 1.807) is 0 Å². The lowest BCUT2D eigenvalue weighted by molar-refractivity contribution is -0.143. The van der Waals surface area contributed by atoms with Gasteiger partial charge in [-0.25, -0.2) is 0 Å². The van der Waals surface area contributed by atoms with E-state index in [0.717, 1.165) is 56.4 Å². The van der Waals surface area contributed by atoms with Crippen LogP contribution >= 0.6 is 0 Å². The van der Waals surface area contributed by atoms with E-state index in [1.165, 1.54) is 19.3 Å². The lowest BCUT2D eigenvalue weighted by Gasteiger charge is -2.39. The molecule has 1 aliphatic rings. The number of esters is 2. The number of unbranched alkanes of at least 4 members (excludes halogenated alkanes) is 2. The summed E-state index contributed by atoms with van der Waals surface area (Å²) in [6.45, 7) is 14.7. The number of rotatable bonds is 20. The monoisotopic (exact) mass is 557 g/mol. The normalized spacial score (nSPS) is 16.8. The van der Waals surface area contributed by atoms with E-state index in [2.05, 4.69) is 32.6 Å². The fourth-order valence-electron chi connectivity index (χ4n) is 5.11. The van der Waals surface area contributed by atoms with Crippen LogP contribution in [0.1, 0.15) is 119 Å². The first-order valence-electron chi connectivity index (χ1n) is 15.2. The summed E-state index contributed by atoms with van der Waals surface area (Å²) in [5, 5.41) is 18.1. The summed E-state index contributed by atoms with van der Waals surface area (Å²) in [5.41, 5.74) is 1.79. The quantitative estimate of drug-likeness (QED) is 0.113. The van der Waals surface area contributed by atoms with Gasteiger partial charge in [0.15, 0.2) is 11.5 Å². The van der Waals surface area contributed by atoms with Gasteiger partial charge in [0, 0.05) is 31.0 Å². The molecule has 1 heterocycles. The highest BCUT2D eigenvalue weighted by Crippen LogP contribution is 2.38. The second-order valence-corrected chi connectivity index (χ2v) is 10.7. The molecule has 3 atom stereocenters. The summed E-state index contributed by atoms with van der Waals surface area (Å²) in [7, 11) is 0. The van der Waals surface area contributed by atoms with Crippen LogP contribution in [0.15, 0.2) is 22.8 Å². The van der Waals surface area contributed by atoms with Gasteiger partial charge in [-0.05, 0) is 44.9 Å². The van der Waals surface area contributed by atoms with Gasteiger partial charge in [-0.15, -0.1) is 0 Å². The first-order chi connectivity index (χ1) is 19.3. The third-order valence-corrected chi connectivity index (χ3v) is 7.72. The van der Waals surface area contributed by atoms with Gasteiger partial charge in [-0.1, -0.05) is 72.6 Å². The zero-order chi connectivity index (χ0) is 29.9. The van der Waals surface area contributed by atoms with Crippen LogP contribution in [0, 0.1) is 34.5 Å². The number of hydrogen-bond acceptors (Lipinski definition) is 8. The molecule has 224 valence electrons. The molecule has 0 bridgehead atoms. The Labute approximate surface area is 242 Å². The van der Waals surface area contributed by atoms with Crippen molar-refractivity contribution in [1.29, 1.82) is 10.5 Å². The zero-order valence-corrected chi connectivity index (χ0v) is 25.7. The summed E-state index contributed by atoms with van der Waals surface area (Å²) >= 11 is 0. The van der Waals surface area contributed by atoms with Gasteiger partial charge in [0.1, 0.15) is 12.8 Å². The van der Waals surface area contributed by atoms with Crippen molar-refractivity contribution in [3.05, 3.63) is 22.8 Å². The predicted molar refractivity (Wildman–Crippen MR) is 155 cm³/mol. The number of ether oxygens (including phenoxy) is 3. The van der Waals surface area contributed by atoms with Crippen molar-refractivity contribution < 1.29 is 23.8 Å². The minimum absolute atomic E-state index is 0.223. The third-order valence-electron chi connectivity index (χ3n) is 7.72. The van der Waals surface area contributed by atoms with Gasteiger partial charge in [0.05, 0.1) is 18.2 Å². The number of carbonyl (C=O) groups excluding carboxylic acids is 2. The van der Waals surface area contributed by atoms with E-state index in [9.17, 15) is 9.59 Å². The lowest BCUT2D eigenvalue weighted by atomic mass is 9.87. The van der Waals surface area contributed by atoms with Gasteiger partial charge in [0.2, 0.25) is 0 Å². The van der Waals surface area contributed by atoms with Crippen LogP contribution in [0.3, 0.4) is 0 Å². The van der Waals surface area contributed by atoms with E-state index in [0.29, 0.717) is 31.4 Å². The second-order valence-electron chi connectivity index (χ2n) is 10.7. The predicted octanol–water partition coefficient (Wildman–Crippen LogP) is 7.32. The molecule has 0 aliphatic carbocycles. The number of carbonyl (C=O) groups is 2. The van der Waals surface area contributed by atoms with Gasteiger partial charge >= 0.3 is 11.9 Å². The summed E-state index contributed by atoms with van der Waals surface area (Å²) in [4.78, 5) is 27.1. The van der Waals surface area contributed by atoms with Gasteiger partial charge in [0.25, 0.3) is 0 Å². The van der Waals surface area contributed by atoms with Crippen molar-refractivity contribution in [2.45, 2.75) is 125 Å². The van der Waals surface area contributed by atoms with Crippen LogP contribution in [0.4, 0.5) is 0 Å². The Balaban J connectivity index is 3.28. The molecule has 0 saturated heterocycles. The average Bonchev–Trinajstić information content (AvgIpc) is 2.93. The Kier molecular flexibility index (Phi) is 17.7. The van der Waals surface area contributed by atoms with Crippen LogP contribution in [0.5, 0.6) is 0 Å². The summed E-state index contributed by atoms with van der Waals surface area (Å²) < 4.78 is 17.5. The zero-order valence-electron chi connectivity index (χ0n) is 25.7. The number of nitrogens with zero attached hydrogens (tertiary/aromatic N) is 3. The summed E-state index contributed by atoms with van der Waals surface area (Å²) in [6, 6.07) is 3.26. The molecule has 0 spiro atoms. The summed E-state index contributed by atoms with van der Waals surface area (Å²) in [6.07, 6.45) is 9.51. The maximum atomic E-state index is 12.5. The van der Waals surface area contributed by atoms with Crippen molar-refractivity contribution in [1.82, 2.24) is 4.90 Å². The standard InChI is InChI=1S/C32H51N3O5/c1-7-11-14-26(9-3)22-28-24(5)35(20-13-21-38-23-27(10-4)15-12-8-2)25(6)31(39-29(36)16-18-33)32(28)40-30(37)17-19-34/h25-27H,7-17,20-23H2,1-6H3. The van der Waals surface area contributed by atoms with Crippen LogP contribution in [-0.2, 0) is 23.8 Å². The Hall–Kier alpha value is -2.84. The Bertz CT molecular complexity index is 943. The van der Waals surface area contributed by atoms with Crippen LogP contribution in [-0.4, -0.2) is 42.6 Å². The average molecular weight is 558 g/mol. The highest BCUT2D eigenvalue weighted by molar-refractivity contribution is 5.75. The highest BCUT2D eigenvalue weighted by Gasteiger charge is 2.36. The fourth-order valence-corrected chi connectivity index (χ4v) is 5.11. The molecular formula is C32H51N3O5. The maximum absolute atomic E-state index is 12.5. The van der Waals surface area contributed by atoms with E-state index in [-0.39, 0.29) is 11.5 Å². The second kappa shape index (κ2) is 20.1. The molecule has 0 radical (unpaired) electrons. The smallest absolute Gasteiger partial charge is 0.325 e. The molecule has 0 amide bonds. The van der Waals surface area contributed by atoms with Crippen LogP contribution in [0.2, 0.25) is 0 Å². The lowest BCUT2D eigenvalue weighted by Crippen LogP contribution is -2.41. The molecule has 8 nitrogen and oxygen atoms in total. The van der Waals surface area contributed by atoms with Crippen molar-refractivity contribution in [3.63, 3.8) is 0 Å². The number of nitriles is 2. The molecule has 0 aromatic rings. The Morgan fingerprint density at radius 2 is 1.48 bits per heavy atom. The fraction of sp³-hybridized carbons (Fsp3) is 0.750. The third kappa shape index (κ3) is 11.7. The minimum atomic E-state index is -0.698. The first kappa shape index (κ1) is 35.2. The molecule has 0 N–H and O–H groups in total. The minimum Gasteiger partial charge on any atom is -0.424 e. The molecule has 0 fully saturated rings. The molecule has 1 rings (SSSR count). The largest absolute Gasteiger partial charge is 0.424 e. The van der Waals surface area contributed by atoms with E-state index >= 15 is 0 Å². The number of allylic oxidation sites excluding steroid dienone is 2. The Morgan fingerprint density at radius 1 is 0.900 bits per heavy atom. The maximum Gasteiger partial charge on any atom is 0.325 e. The van der Waals surface area contributed by atoms with Crippen molar-refractivity contribution in [3.8, 4) is 12.1 Å². The van der Waals surface area contributed by atoms with E-state index in [4.69, 9.17) is 24.7 Å². The molecule has 8 heteroatoms. The van der Waals surface area contributed by atoms with Gasteiger partial charge in [-0.3, -0.25) is 9.59 Å². The van der Waals surface area contributed by atoms with Crippen molar-refractivity contribution >= 4 is 11.9 Å². The Morgan fingerprint density at radius 3 is 2.02 bits per heavy atom. The van der Waals surface area contributed by atoms with Gasteiger partial charge in [-0.2, -0.15) is 10.5 Å². The van der Waals surface area contributed by atoms with E-state index in [1.807, 2.05) is 26.0 Å². The first-order valence-corrected chi connectivity index (χ1v) is 15.2. The summed E-state index contributed by atoms with van der Waals surface area (Å²) in [5.74, 6) is -0.00381.